The van der Waals surface area contributed by atoms with Crippen LogP contribution in [-0.2, 0) is 14.0 Å². The number of hydrogen-bond donors (Lipinski definition) is 0. The van der Waals surface area contributed by atoms with Gasteiger partial charge in [-0.2, -0.15) is 0 Å². The van der Waals surface area contributed by atoms with Gasteiger partial charge in [0.15, 0.2) is 8.32 Å². The minimum absolute atomic E-state index is 0.107. The van der Waals surface area contributed by atoms with Gasteiger partial charge in [-0.15, -0.1) is 0 Å². The van der Waals surface area contributed by atoms with Crippen LogP contribution < -0.4 is 0 Å². The van der Waals surface area contributed by atoms with Crippen molar-refractivity contribution in [2.24, 2.45) is 5.92 Å². The van der Waals surface area contributed by atoms with Crippen LogP contribution in [0.5, 0.6) is 0 Å². The highest BCUT2D eigenvalue weighted by atomic mass is 28.4. The maximum absolute atomic E-state index is 12.1. The van der Waals surface area contributed by atoms with E-state index in [0.717, 1.165) is 25.9 Å². The second-order valence-electron chi connectivity index (χ2n) is 7.89. The molecule has 1 atom stereocenters. The van der Waals surface area contributed by atoms with E-state index in [4.69, 9.17) is 9.16 Å². The zero-order chi connectivity index (χ0) is 17.7. The van der Waals surface area contributed by atoms with E-state index in [9.17, 15) is 9.59 Å². The van der Waals surface area contributed by atoms with Crippen molar-refractivity contribution in [3.63, 3.8) is 0 Å². The molecule has 5 nitrogen and oxygen atoms in total. The highest BCUT2D eigenvalue weighted by Gasteiger charge is 2.37. The lowest BCUT2D eigenvalue weighted by molar-refractivity contribution is -0.128. The first kappa shape index (κ1) is 20.2. The molecular weight excluding hydrogens is 310 g/mol. The summed E-state index contributed by atoms with van der Waals surface area (Å²) >= 11 is 0. The fourth-order valence-corrected chi connectivity index (χ4v) is 3.43. The maximum atomic E-state index is 12.1. The smallest absolute Gasteiger partial charge is 0.416 e. The van der Waals surface area contributed by atoms with Gasteiger partial charge in [0, 0.05) is 13.0 Å². The number of nitrogens with zero attached hydrogens (tertiary/aromatic N) is 1. The van der Waals surface area contributed by atoms with E-state index in [1.807, 2.05) is 0 Å². The monoisotopic (exact) mass is 343 g/mol. The normalized spacial score (nSPS) is 17.3. The molecule has 1 aliphatic rings. The molecule has 0 bridgehead atoms. The summed E-state index contributed by atoms with van der Waals surface area (Å²) in [5.41, 5.74) is 0. The Labute approximate surface area is 141 Å². The molecule has 0 radical (unpaired) electrons. The number of carbonyl (C=O) groups excluding carboxylic acids is 2. The van der Waals surface area contributed by atoms with E-state index in [0.29, 0.717) is 25.5 Å². The fourth-order valence-electron chi connectivity index (χ4n) is 2.34. The molecule has 1 fully saturated rings. The van der Waals surface area contributed by atoms with Gasteiger partial charge in [-0.25, -0.2) is 9.69 Å². The molecule has 1 aliphatic heterocycles. The molecule has 0 aliphatic carbocycles. The molecule has 0 spiro atoms. The third-order valence-corrected chi connectivity index (χ3v) is 9.67. The standard InChI is InChI=1S/C17H33NO4Si/c1-7-14(13-15(19)18-10-12-21-16(18)20)9-8-11-22-23(5,6)17(2,3)4/h14H,7-13H2,1-6H3/t14-/m1/s1. The van der Waals surface area contributed by atoms with Crippen molar-refractivity contribution >= 4 is 20.3 Å². The zero-order valence-electron chi connectivity index (χ0n) is 15.6. The number of imide groups is 1. The number of hydrogen-bond acceptors (Lipinski definition) is 4. The maximum Gasteiger partial charge on any atom is 0.416 e. The molecule has 0 unspecified atom stereocenters. The van der Waals surface area contributed by atoms with Crippen LogP contribution in [0.1, 0.15) is 53.4 Å². The van der Waals surface area contributed by atoms with Gasteiger partial charge >= 0.3 is 6.09 Å². The Kier molecular flexibility index (Phi) is 7.26. The molecule has 0 aromatic heterocycles. The number of carbonyl (C=O) groups is 2. The third kappa shape index (κ3) is 5.92. The second kappa shape index (κ2) is 8.28. The summed E-state index contributed by atoms with van der Waals surface area (Å²) in [6.07, 6.45) is 2.79. The molecule has 0 N–H and O–H groups in total. The molecule has 6 heteroatoms. The molecular formula is C17H33NO4Si. The van der Waals surface area contributed by atoms with Crippen molar-refractivity contribution in [1.29, 1.82) is 0 Å². The zero-order valence-corrected chi connectivity index (χ0v) is 16.6. The first-order valence-electron chi connectivity index (χ1n) is 8.69. The Morgan fingerprint density at radius 3 is 2.52 bits per heavy atom. The van der Waals surface area contributed by atoms with Crippen LogP contribution in [0.15, 0.2) is 0 Å². The van der Waals surface area contributed by atoms with Gasteiger partial charge in [-0.05, 0) is 36.9 Å². The van der Waals surface area contributed by atoms with Crippen molar-refractivity contribution in [3.8, 4) is 0 Å². The van der Waals surface area contributed by atoms with Gasteiger partial charge in [0.05, 0.1) is 6.54 Å². The lowest BCUT2D eigenvalue weighted by Gasteiger charge is -2.36. The van der Waals surface area contributed by atoms with E-state index in [1.54, 1.807) is 0 Å². The van der Waals surface area contributed by atoms with Gasteiger partial charge in [0.25, 0.3) is 0 Å². The number of ether oxygens (including phenoxy) is 1. The largest absolute Gasteiger partial charge is 0.447 e. The first-order chi connectivity index (χ1) is 10.6. The molecule has 0 aromatic carbocycles. The van der Waals surface area contributed by atoms with Crippen molar-refractivity contribution < 1.29 is 18.8 Å². The Bertz CT molecular complexity index is 417. The average molecular weight is 344 g/mol. The molecule has 1 rings (SSSR count). The minimum atomic E-state index is -1.69. The summed E-state index contributed by atoms with van der Waals surface area (Å²) in [4.78, 5) is 24.8. The molecule has 1 heterocycles. The van der Waals surface area contributed by atoms with Crippen molar-refractivity contribution in [2.75, 3.05) is 19.8 Å². The molecule has 2 amide bonds. The second-order valence-corrected chi connectivity index (χ2v) is 12.7. The molecule has 0 aromatic rings. The Morgan fingerprint density at radius 1 is 1.39 bits per heavy atom. The highest BCUT2D eigenvalue weighted by molar-refractivity contribution is 6.74. The summed E-state index contributed by atoms with van der Waals surface area (Å²) in [5, 5.41) is 0.225. The minimum Gasteiger partial charge on any atom is -0.447 e. The fraction of sp³-hybridized carbons (Fsp3) is 0.882. The summed E-state index contributed by atoms with van der Waals surface area (Å²) in [7, 11) is -1.69. The van der Waals surface area contributed by atoms with E-state index < -0.39 is 14.4 Å². The van der Waals surface area contributed by atoms with E-state index in [2.05, 4.69) is 40.8 Å². The summed E-state index contributed by atoms with van der Waals surface area (Å²) < 4.78 is 11.0. The topological polar surface area (TPSA) is 55.8 Å². The third-order valence-electron chi connectivity index (χ3n) is 5.13. The first-order valence-corrected chi connectivity index (χ1v) is 11.6. The summed E-state index contributed by atoms with van der Waals surface area (Å²) in [6.45, 7) is 14.8. The Morgan fingerprint density at radius 2 is 2.04 bits per heavy atom. The summed E-state index contributed by atoms with van der Waals surface area (Å²) in [5.74, 6) is 0.198. The Hall–Kier alpha value is -0.883. The van der Waals surface area contributed by atoms with Crippen LogP contribution in [-0.4, -0.2) is 45.0 Å². The quantitative estimate of drug-likeness (QED) is 0.490. The molecule has 1 saturated heterocycles. The van der Waals surface area contributed by atoms with Gasteiger partial charge in [0.1, 0.15) is 6.61 Å². The van der Waals surface area contributed by atoms with Crippen LogP contribution in [0.3, 0.4) is 0 Å². The Balaban J connectivity index is 2.34. The van der Waals surface area contributed by atoms with Crippen LogP contribution in [0.4, 0.5) is 4.79 Å². The molecule has 23 heavy (non-hydrogen) atoms. The van der Waals surface area contributed by atoms with Gasteiger partial charge in [-0.1, -0.05) is 34.1 Å². The van der Waals surface area contributed by atoms with E-state index >= 15 is 0 Å². The van der Waals surface area contributed by atoms with Crippen molar-refractivity contribution in [3.05, 3.63) is 0 Å². The highest BCUT2D eigenvalue weighted by Crippen LogP contribution is 2.36. The number of rotatable bonds is 8. The predicted molar refractivity (Wildman–Crippen MR) is 93.8 cm³/mol. The van der Waals surface area contributed by atoms with Gasteiger partial charge < -0.3 is 9.16 Å². The van der Waals surface area contributed by atoms with Crippen molar-refractivity contribution in [1.82, 2.24) is 4.90 Å². The van der Waals surface area contributed by atoms with E-state index in [1.165, 1.54) is 4.90 Å². The lowest BCUT2D eigenvalue weighted by Crippen LogP contribution is -2.41. The van der Waals surface area contributed by atoms with Crippen molar-refractivity contribution in [2.45, 2.75) is 71.5 Å². The van der Waals surface area contributed by atoms with E-state index in [-0.39, 0.29) is 10.9 Å². The van der Waals surface area contributed by atoms with Crippen LogP contribution in [0.25, 0.3) is 0 Å². The predicted octanol–water partition coefficient (Wildman–Crippen LogP) is 4.18. The summed E-state index contributed by atoms with van der Waals surface area (Å²) in [6, 6.07) is 0. The van der Waals surface area contributed by atoms with Gasteiger partial charge in [-0.3, -0.25) is 4.79 Å². The van der Waals surface area contributed by atoms with Crippen LogP contribution in [0, 0.1) is 5.92 Å². The van der Waals surface area contributed by atoms with Gasteiger partial charge in [0.2, 0.25) is 5.91 Å². The molecule has 0 saturated carbocycles. The van der Waals surface area contributed by atoms with Crippen LogP contribution in [0.2, 0.25) is 18.1 Å². The average Bonchev–Trinajstić information content (AvgIpc) is 2.87. The SMILES string of the molecule is CC[C@H](CCCO[Si](C)(C)C(C)(C)C)CC(=O)N1CCOC1=O. The molecule has 134 valence electrons. The number of amides is 2. The van der Waals surface area contributed by atoms with Crippen LogP contribution >= 0.6 is 0 Å². The number of cyclic esters (lactones) is 1. The lowest BCUT2D eigenvalue weighted by atomic mass is 9.96.